The predicted molar refractivity (Wildman–Crippen MR) is 316 cm³/mol. The molecule has 1 aliphatic heterocycles. The van der Waals surface area contributed by atoms with Crippen molar-refractivity contribution < 1.29 is 50.0 Å². The van der Waals surface area contributed by atoms with Gasteiger partial charge in [-0.15, -0.1) is 0 Å². The number of unbranched alkanes of at least 4 members (excludes halogenated alkanes) is 47. The fourth-order valence-electron chi connectivity index (χ4n) is 11.3. The van der Waals surface area contributed by atoms with Crippen LogP contribution in [-0.2, 0) is 14.3 Å². The minimum absolute atomic E-state index is 0.267. The fourth-order valence-corrected chi connectivity index (χ4v) is 11.3. The SMILES string of the molecule is CCCCCCCCCCCCCCCCCCCCCCCCCCCCCCCCCCC(O)C(=O)NC(COC1OC(CO)C(O)C(O)C1O)C(O)C(O)CCCCCCCCCCCCCCCCCCC. The maximum Gasteiger partial charge on any atom is 0.249 e. The molecule has 0 saturated carbocycles. The minimum Gasteiger partial charge on any atom is -0.394 e. The van der Waals surface area contributed by atoms with Gasteiger partial charge in [0.1, 0.15) is 36.6 Å². The van der Waals surface area contributed by atoms with E-state index in [0.717, 1.165) is 38.5 Å². The van der Waals surface area contributed by atoms with Gasteiger partial charge in [-0.05, 0) is 12.8 Å². The fraction of sp³-hybridized carbons (Fsp3) is 0.985. The standard InChI is InChI=1S/C65H129NO10/c1-3-5-7-9-11-13-15-17-19-21-22-23-24-25-26-27-28-29-30-31-32-33-34-35-37-39-41-43-45-47-49-51-53-58(69)64(74)66-56(55-75-65-63(73)62(72)61(71)59(54-67)76-65)60(70)57(68)52-50-48-46-44-42-40-38-36-20-18-16-14-12-10-8-6-4-2/h56-63,65,67-73H,3-55H2,1-2H3,(H,66,74). The first-order valence-corrected chi connectivity index (χ1v) is 33.4. The van der Waals surface area contributed by atoms with Gasteiger partial charge in [0, 0.05) is 0 Å². The zero-order chi connectivity index (χ0) is 55.4. The lowest BCUT2D eigenvalue weighted by Gasteiger charge is -2.40. The van der Waals surface area contributed by atoms with E-state index in [9.17, 15) is 40.5 Å². The Labute approximate surface area is 469 Å². The Bertz CT molecular complexity index is 1200. The summed E-state index contributed by atoms with van der Waals surface area (Å²) in [7, 11) is 0. The van der Waals surface area contributed by atoms with Crippen LogP contribution in [0.1, 0.15) is 341 Å². The van der Waals surface area contributed by atoms with Gasteiger partial charge in [0.15, 0.2) is 6.29 Å². The largest absolute Gasteiger partial charge is 0.394 e. The van der Waals surface area contributed by atoms with Crippen LogP contribution in [-0.4, -0.2) is 110 Å². The zero-order valence-corrected chi connectivity index (χ0v) is 50.0. The van der Waals surface area contributed by atoms with Gasteiger partial charge >= 0.3 is 0 Å². The molecule has 1 heterocycles. The topological polar surface area (TPSA) is 189 Å². The lowest BCUT2D eigenvalue weighted by Crippen LogP contribution is -2.60. The Balaban J connectivity index is 2.16. The molecule has 0 bridgehead atoms. The summed E-state index contributed by atoms with van der Waals surface area (Å²) in [4.78, 5) is 13.2. The van der Waals surface area contributed by atoms with Crippen LogP contribution in [0.25, 0.3) is 0 Å². The first kappa shape index (κ1) is 73.1. The second-order valence-corrected chi connectivity index (χ2v) is 23.9. The van der Waals surface area contributed by atoms with Crippen LogP contribution in [0.2, 0.25) is 0 Å². The van der Waals surface area contributed by atoms with Gasteiger partial charge < -0.3 is 50.5 Å². The average Bonchev–Trinajstić information content (AvgIpc) is 3.42. The van der Waals surface area contributed by atoms with E-state index < -0.39 is 74.2 Å². The summed E-state index contributed by atoms with van der Waals surface area (Å²) in [6.45, 7) is 3.51. The summed E-state index contributed by atoms with van der Waals surface area (Å²) in [6, 6.07) is -1.16. The third-order valence-electron chi connectivity index (χ3n) is 16.7. The first-order chi connectivity index (χ1) is 37.2. The molecule has 0 radical (unpaired) electrons. The Morgan fingerprint density at radius 2 is 0.684 bits per heavy atom. The number of ether oxygens (including phenoxy) is 2. The molecule has 1 aliphatic rings. The van der Waals surface area contributed by atoms with Crippen molar-refractivity contribution in [2.24, 2.45) is 0 Å². The third kappa shape index (κ3) is 42.0. The van der Waals surface area contributed by atoms with Crippen molar-refractivity contribution >= 4 is 5.91 Å². The highest BCUT2D eigenvalue weighted by molar-refractivity contribution is 5.80. The van der Waals surface area contributed by atoms with Crippen molar-refractivity contribution in [2.45, 2.75) is 396 Å². The Morgan fingerprint density at radius 1 is 0.408 bits per heavy atom. The van der Waals surface area contributed by atoms with Crippen LogP contribution < -0.4 is 5.32 Å². The number of rotatable bonds is 59. The molecule has 0 aliphatic carbocycles. The van der Waals surface area contributed by atoms with Crippen molar-refractivity contribution in [1.82, 2.24) is 5.32 Å². The molecule has 11 nitrogen and oxygen atoms in total. The molecule has 9 unspecified atom stereocenters. The van der Waals surface area contributed by atoms with Crippen LogP contribution in [0.15, 0.2) is 0 Å². The number of hydrogen-bond donors (Lipinski definition) is 8. The maximum atomic E-state index is 13.2. The van der Waals surface area contributed by atoms with Crippen molar-refractivity contribution in [3.63, 3.8) is 0 Å². The van der Waals surface area contributed by atoms with E-state index in [4.69, 9.17) is 9.47 Å². The van der Waals surface area contributed by atoms with E-state index in [1.54, 1.807) is 0 Å². The van der Waals surface area contributed by atoms with E-state index >= 15 is 0 Å². The molecular weight excluding hydrogens is 955 g/mol. The normalized spacial score (nSPS) is 19.5. The van der Waals surface area contributed by atoms with Gasteiger partial charge in [-0.25, -0.2) is 0 Å². The second kappa shape index (κ2) is 54.7. The molecule has 76 heavy (non-hydrogen) atoms. The molecule has 11 heteroatoms. The summed E-state index contributed by atoms with van der Waals surface area (Å²) in [5.41, 5.74) is 0. The van der Waals surface area contributed by atoms with Crippen molar-refractivity contribution in [3.8, 4) is 0 Å². The summed E-state index contributed by atoms with van der Waals surface area (Å²) in [5, 5.41) is 76.3. The van der Waals surface area contributed by atoms with Gasteiger partial charge in [-0.3, -0.25) is 4.79 Å². The van der Waals surface area contributed by atoms with Crippen LogP contribution in [0, 0.1) is 0 Å². The van der Waals surface area contributed by atoms with E-state index in [0.29, 0.717) is 19.3 Å². The predicted octanol–water partition coefficient (Wildman–Crippen LogP) is 15.3. The molecule has 0 aromatic heterocycles. The first-order valence-electron chi connectivity index (χ1n) is 33.4. The molecule has 8 N–H and O–H groups in total. The van der Waals surface area contributed by atoms with Crippen molar-refractivity contribution in [1.29, 1.82) is 0 Å². The Morgan fingerprint density at radius 3 is 0.974 bits per heavy atom. The molecule has 1 fully saturated rings. The molecule has 1 rings (SSSR count). The van der Waals surface area contributed by atoms with E-state index in [1.807, 2.05) is 0 Å². The van der Waals surface area contributed by atoms with Gasteiger partial charge in [0.05, 0.1) is 25.4 Å². The molecule has 1 amide bonds. The summed E-state index contributed by atoms with van der Waals surface area (Å²) < 4.78 is 11.2. The van der Waals surface area contributed by atoms with Gasteiger partial charge in [0.25, 0.3) is 0 Å². The van der Waals surface area contributed by atoms with Crippen molar-refractivity contribution in [2.75, 3.05) is 13.2 Å². The van der Waals surface area contributed by atoms with Gasteiger partial charge in [-0.2, -0.15) is 0 Å². The summed E-state index contributed by atoms with van der Waals surface area (Å²) in [5.74, 6) is -0.688. The van der Waals surface area contributed by atoms with Crippen LogP contribution in [0.5, 0.6) is 0 Å². The monoisotopic (exact) mass is 1080 g/mol. The highest BCUT2D eigenvalue weighted by Crippen LogP contribution is 2.24. The van der Waals surface area contributed by atoms with Gasteiger partial charge in [-0.1, -0.05) is 328 Å². The number of aliphatic hydroxyl groups is 7. The highest BCUT2D eigenvalue weighted by atomic mass is 16.7. The third-order valence-corrected chi connectivity index (χ3v) is 16.7. The molecule has 0 aromatic rings. The maximum absolute atomic E-state index is 13.2. The molecule has 9 atom stereocenters. The van der Waals surface area contributed by atoms with E-state index in [-0.39, 0.29) is 6.42 Å². The lowest BCUT2D eigenvalue weighted by atomic mass is 9.98. The molecule has 0 aromatic carbocycles. The highest BCUT2D eigenvalue weighted by Gasteiger charge is 2.44. The number of aliphatic hydroxyl groups excluding tert-OH is 7. The van der Waals surface area contributed by atoms with Crippen LogP contribution in [0.3, 0.4) is 0 Å². The number of carbonyl (C=O) groups is 1. The van der Waals surface area contributed by atoms with Gasteiger partial charge in [0.2, 0.25) is 5.91 Å². The number of nitrogens with one attached hydrogen (secondary N) is 1. The second-order valence-electron chi connectivity index (χ2n) is 23.9. The average molecular weight is 1080 g/mol. The smallest absolute Gasteiger partial charge is 0.249 e. The van der Waals surface area contributed by atoms with Crippen LogP contribution >= 0.6 is 0 Å². The van der Waals surface area contributed by atoms with Crippen molar-refractivity contribution in [3.05, 3.63) is 0 Å². The molecule has 1 saturated heterocycles. The molecule has 0 spiro atoms. The Hall–Kier alpha value is -0.890. The summed E-state index contributed by atoms with van der Waals surface area (Å²) in [6.07, 6.45) is 53.3. The molecule has 454 valence electrons. The quantitative estimate of drug-likeness (QED) is 0.0272. The van der Waals surface area contributed by atoms with E-state index in [1.165, 1.54) is 263 Å². The zero-order valence-electron chi connectivity index (χ0n) is 50.0. The Kier molecular flexibility index (Phi) is 52.6. The molecular formula is C65H129NO10. The van der Waals surface area contributed by atoms with E-state index in [2.05, 4.69) is 19.2 Å². The minimum atomic E-state index is -1.66. The summed E-state index contributed by atoms with van der Waals surface area (Å²) >= 11 is 0. The number of carbonyl (C=O) groups excluding carboxylic acids is 1. The number of hydrogen-bond acceptors (Lipinski definition) is 10. The van der Waals surface area contributed by atoms with Crippen LogP contribution in [0.4, 0.5) is 0 Å². The number of amides is 1. The lowest BCUT2D eigenvalue weighted by molar-refractivity contribution is -0.303.